The molecule has 0 amide bonds. The summed E-state index contributed by atoms with van der Waals surface area (Å²) in [4.78, 5) is -0.930. The third-order valence-electron chi connectivity index (χ3n) is 2.53. The maximum Gasteiger partial charge on any atom is 0.243 e. The molecule has 0 aromatic heterocycles. The van der Waals surface area contributed by atoms with Crippen molar-refractivity contribution in [1.82, 2.24) is 4.72 Å². The Morgan fingerprint density at radius 2 is 1.89 bits per heavy atom. The molecule has 108 valence electrons. The summed E-state index contributed by atoms with van der Waals surface area (Å²) in [5.41, 5.74) is 5.38. The highest BCUT2D eigenvalue weighted by Crippen LogP contribution is 2.20. The van der Waals surface area contributed by atoms with Crippen LogP contribution >= 0.6 is 0 Å². The molecule has 0 fully saturated rings. The van der Waals surface area contributed by atoms with Crippen molar-refractivity contribution in [1.29, 1.82) is 0 Å². The van der Waals surface area contributed by atoms with Gasteiger partial charge in [0.15, 0.2) is 17.5 Å². The van der Waals surface area contributed by atoms with Crippen LogP contribution in [0.25, 0.3) is 0 Å². The van der Waals surface area contributed by atoms with Gasteiger partial charge in [0.25, 0.3) is 0 Å². The molecule has 1 aromatic rings. The van der Waals surface area contributed by atoms with Crippen LogP contribution in [-0.4, -0.2) is 21.0 Å². The largest absolute Gasteiger partial charge is 0.329 e. The summed E-state index contributed by atoms with van der Waals surface area (Å²) in [5.74, 6) is -5.00. The van der Waals surface area contributed by atoms with E-state index in [1.54, 1.807) is 0 Å². The summed E-state index contributed by atoms with van der Waals surface area (Å²) in [6.07, 6.45) is 1.13. The minimum atomic E-state index is -4.28. The summed E-state index contributed by atoms with van der Waals surface area (Å²) in [7, 11) is -4.28. The fourth-order valence-corrected chi connectivity index (χ4v) is 2.92. The minimum absolute atomic E-state index is 0.0262. The van der Waals surface area contributed by atoms with Crippen molar-refractivity contribution in [3.05, 3.63) is 29.6 Å². The first-order chi connectivity index (χ1) is 8.83. The molecular weight excluding hydrogens is 281 g/mol. The lowest BCUT2D eigenvalue weighted by Crippen LogP contribution is -2.40. The van der Waals surface area contributed by atoms with Gasteiger partial charge in [0.1, 0.15) is 4.90 Å². The van der Waals surface area contributed by atoms with E-state index >= 15 is 0 Å². The SMILES string of the molecule is CCCC(CN)NS(=O)(=O)c1ccc(F)c(F)c1F. The molecule has 0 aliphatic carbocycles. The van der Waals surface area contributed by atoms with E-state index in [1.807, 2.05) is 6.92 Å². The molecule has 0 aliphatic rings. The molecule has 8 heteroatoms. The van der Waals surface area contributed by atoms with Crippen molar-refractivity contribution in [2.24, 2.45) is 5.73 Å². The van der Waals surface area contributed by atoms with Gasteiger partial charge < -0.3 is 5.73 Å². The van der Waals surface area contributed by atoms with Crippen molar-refractivity contribution >= 4 is 10.0 Å². The Bertz CT molecular complexity index is 549. The van der Waals surface area contributed by atoms with E-state index < -0.39 is 38.4 Å². The Balaban J connectivity index is 3.10. The smallest absolute Gasteiger partial charge is 0.243 e. The number of benzene rings is 1. The van der Waals surface area contributed by atoms with Crippen molar-refractivity contribution in [3.8, 4) is 0 Å². The van der Waals surface area contributed by atoms with Crippen molar-refractivity contribution in [3.63, 3.8) is 0 Å². The molecule has 0 saturated carbocycles. The van der Waals surface area contributed by atoms with Gasteiger partial charge >= 0.3 is 0 Å². The molecule has 0 saturated heterocycles. The molecule has 0 heterocycles. The highest BCUT2D eigenvalue weighted by atomic mass is 32.2. The van der Waals surface area contributed by atoms with Crippen molar-refractivity contribution in [2.75, 3.05) is 6.54 Å². The molecule has 0 spiro atoms. The molecule has 1 atom stereocenters. The number of sulfonamides is 1. The highest BCUT2D eigenvalue weighted by Gasteiger charge is 2.25. The quantitative estimate of drug-likeness (QED) is 0.782. The topological polar surface area (TPSA) is 72.2 Å². The maximum absolute atomic E-state index is 13.4. The van der Waals surface area contributed by atoms with Crippen LogP contribution in [0.3, 0.4) is 0 Å². The van der Waals surface area contributed by atoms with Crippen molar-refractivity contribution in [2.45, 2.75) is 30.7 Å². The first-order valence-corrected chi connectivity index (χ1v) is 7.17. The van der Waals surface area contributed by atoms with E-state index in [0.29, 0.717) is 25.0 Å². The Kier molecular flexibility index (Phi) is 5.33. The number of halogens is 3. The standard InChI is InChI=1S/C11H15F3N2O2S/c1-2-3-7(6-15)16-19(17,18)9-5-4-8(12)10(13)11(9)14/h4-5,7,16H,2-3,6,15H2,1H3. The predicted octanol–water partition coefficient (Wildman–Crippen LogP) is 1.51. The molecule has 3 N–H and O–H groups in total. The van der Waals surface area contributed by atoms with Crippen LogP contribution < -0.4 is 10.5 Å². The molecule has 0 aliphatic heterocycles. The first kappa shape index (κ1) is 15.9. The Morgan fingerprint density at radius 1 is 1.26 bits per heavy atom. The fraction of sp³-hybridized carbons (Fsp3) is 0.455. The van der Waals surface area contributed by atoms with E-state index in [-0.39, 0.29) is 6.54 Å². The van der Waals surface area contributed by atoms with Gasteiger partial charge in [-0.25, -0.2) is 26.3 Å². The monoisotopic (exact) mass is 296 g/mol. The average Bonchev–Trinajstić information content (AvgIpc) is 2.34. The predicted molar refractivity (Wildman–Crippen MR) is 64.4 cm³/mol. The summed E-state index contributed by atoms with van der Waals surface area (Å²) in [6, 6.07) is 0.655. The molecule has 1 aromatic carbocycles. The lowest BCUT2D eigenvalue weighted by molar-refractivity contribution is 0.430. The van der Waals surface area contributed by atoms with E-state index in [4.69, 9.17) is 5.73 Å². The van der Waals surface area contributed by atoms with Crippen LogP contribution in [0.5, 0.6) is 0 Å². The second kappa shape index (κ2) is 6.36. The molecule has 4 nitrogen and oxygen atoms in total. The molecule has 19 heavy (non-hydrogen) atoms. The second-order valence-corrected chi connectivity index (χ2v) is 5.70. The molecular formula is C11H15F3N2O2S. The number of nitrogens with one attached hydrogen (secondary N) is 1. The lowest BCUT2D eigenvalue weighted by atomic mass is 10.2. The highest BCUT2D eigenvalue weighted by molar-refractivity contribution is 7.89. The van der Waals surface area contributed by atoms with Gasteiger partial charge in [0.2, 0.25) is 10.0 Å². The number of hydrogen-bond acceptors (Lipinski definition) is 3. The van der Waals surface area contributed by atoms with Crippen LogP contribution in [0.4, 0.5) is 13.2 Å². The maximum atomic E-state index is 13.4. The first-order valence-electron chi connectivity index (χ1n) is 5.69. The van der Waals surface area contributed by atoms with Crippen LogP contribution in [0.15, 0.2) is 17.0 Å². The van der Waals surface area contributed by atoms with E-state index in [0.717, 1.165) is 0 Å². The Morgan fingerprint density at radius 3 is 2.42 bits per heavy atom. The van der Waals surface area contributed by atoms with Gasteiger partial charge in [0.05, 0.1) is 0 Å². The van der Waals surface area contributed by atoms with Gasteiger partial charge in [-0.1, -0.05) is 13.3 Å². The second-order valence-electron chi connectivity index (χ2n) is 4.02. The van der Waals surface area contributed by atoms with E-state index in [9.17, 15) is 21.6 Å². The molecule has 1 rings (SSSR count). The zero-order chi connectivity index (χ0) is 14.6. The van der Waals surface area contributed by atoms with Crippen molar-refractivity contribution < 1.29 is 21.6 Å². The zero-order valence-corrected chi connectivity index (χ0v) is 11.1. The van der Waals surface area contributed by atoms with Crippen LogP contribution in [0, 0.1) is 17.5 Å². The fourth-order valence-electron chi connectivity index (χ4n) is 1.57. The average molecular weight is 296 g/mol. The number of rotatable bonds is 6. The third kappa shape index (κ3) is 3.68. The lowest BCUT2D eigenvalue weighted by Gasteiger charge is -2.16. The van der Waals surface area contributed by atoms with Crippen LogP contribution in [-0.2, 0) is 10.0 Å². The summed E-state index contributed by atoms with van der Waals surface area (Å²) in [5, 5.41) is 0. The third-order valence-corrected chi connectivity index (χ3v) is 4.07. The summed E-state index contributed by atoms with van der Waals surface area (Å²) in [6.45, 7) is 1.85. The Labute approximate surface area is 109 Å². The molecule has 0 bridgehead atoms. The molecule has 0 radical (unpaired) electrons. The van der Waals surface area contributed by atoms with Crippen LogP contribution in [0.2, 0.25) is 0 Å². The number of hydrogen-bond donors (Lipinski definition) is 2. The summed E-state index contributed by atoms with van der Waals surface area (Å²) >= 11 is 0. The Hall–Kier alpha value is -1.12. The van der Waals surface area contributed by atoms with Gasteiger partial charge in [-0.2, -0.15) is 0 Å². The zero-order valence-electron chi connectivity index (χ0n) is 10.3. The summed E-state index contributed by atoms with van der Waals surface area (Å²) < 4.78 is 65.1. The van der Waals surface area contributed by atoms with Crippen LogP contribution in [0.1, 0.15) is 19.8 Å². The normalized spacial score (nSPS) is 13.5. The van der Waals surface area contributed by atoms with E-state index in [1.165, 1.54) is 0 Å². The molecule has 1 unspecified atom stereocenters. The van der Waals surface area contributed by atoms with Gasteiger partial charge in [-0.3, -0.25) is 0 Å². The minimum Gasteiger partial charge on any atom is -0.329 e. The van der Waals surface area contributed by atoms with Gasteiger partial charge in [-0.15, -0.1) is 0 Å². The number of nitrogens with two attached hydrogens (primary N) is 1. The van der Waals surface area contributed by atoms with Gasteiger partial charge in [0, 0.05) is 12.6 Å². The van der Waals surface area contributed by atoms with E-state index in [2.05, 4.69) is 4.72 Å². The van der Waals surface area contributed by atoms with Gasteiger partial charge in [-0.05, 0) is 18.6 Å².